The summed E-state index contributed by atoms with van der Waals surface area (Å²) >= 11 is 1.78. The highest BCUT2D eigenvalue weighted by Gasteiger charge is 2.06. The molecule has 1 aliphatic rings. The van der Waals surface area contributed by atoms with E-state index in [1.165, 1.54) is 0 Å². The van der Waals surface area contributed by atoms with Crippen LogP contribution >= 0.6 is 11.8 Å². The van der Waals surface area contributed by atoms with Gasteiger partial charge in [0.25, 0.3) is 0 Å². The third-order valence-corrected chi connectivity index (χ3v) is 3.29. The van der Waals surface area contributed by atoms with E-state index < -0.39 is 0 Å². The van der Waals surface area contributed by atoms with Crippen molar-refractivity contribution < 1.29 is 4.79 Å². The summed E-state index contributed by atoms with van der Waals surface area (Å²) in [5.41, 5.74) is 0. The molecule has 0 fully saturated rings. The molecular formula is C12H20N2OS. The Labute approximate surface area is 102 Å². The summed E-state index contributed by atoms with van der Waals surface area (Å²) in [7, 11) is 0. The first-order valence-corrected chi connectivity index (χ1v) is 6.84. The summed E-state index contributed by atoms with van der Waals surface area (Å²) in [6, 6.07) is 0. The Bertz CT molecular complexity index is 253. The molecule has 0 bridgehead atoms. The first kappa shape index (κ1) is 13.2. The maximum absolute atomic E-state index is 11.4. The lowest BCUT2D eigenvalue weighted by Crippen LogP contribution is -2.29. The quantitative estimate of drug-likeness (QED) is 0.517. The molecule has 4 heteroatoms. The van der Waals surface area contributed by atoms with Crippen molar-refractivity contribution in [1.29, 1.82) is 0 Å². The standard InChI is InChI=1S/C12H20N2OS/c1-2-10-16-11-6-13-12(15)5-9-14-7-3-4-8-14/h2-3,7H,1,4-6,8-11H2,(H,13,15). The third kappa shape index (κ3) is 5.85. The molecule has 0 aliphatic carbocycles. The topological polar surface area (TPSA) is 32.3 Å². The normalized spacial score (nSPS) is 14.1. The second kappa shape index (κ2) is 8.28. The third-order valence-electron chi connectivity index (χ3n) is 2.33. The highest BCUT2D eigenvalue weighted by atomic mass is 32.2. The van der Waals surface area contributed by atoms with Crippen LogP contribution in [-0.4, -0.2) is 41.9 Å². The lowest BCUT2D eigenvalue weighted by molar-refractivity contribution is -0.121. The monoisotopic (exact) mass is 240 g/mol. The Kier molecular flexibility index (Phi) is 6.81. The molecule has 0 spiro atoms. The number of carbonyl (C=O) groups is 1. The summed E-state index contributed by atoms with van der Waals surface area (Å²) in [6.07, 6.45) is 7.81. The van der Waals surface area contributed by atoms with E-state index in [4.69, 9.17) is 0 Å². The van der Waals surface area contributed by atoms with Crippen molar-refractivity contribution in [1.82, 2.24) is 10.2 Å². The molecule has 0 radical (unpaired) electrons. The fraction of sp³-hybridized carbons (Fsp3) is 0.583. The van der Waals surface area contributed by atoms with Gasteiger partial charge in [-0.2, -0.15) is 11.8 Å². The minimum atomic E-state index is 0.152. The average Bonchev–Trinajstić information content (AvgIpc) is 2.79. The van der Waals surface area contributed by atoms with Crippen molar-refractivity contribution in [3.63, 3.8) is 0 Å². The highest BCUT2D eigenvalue weighted by Crippen LogP contribution is 2.04. The molecule has 0 saturated carbocycles. The molecule has 1 heterocycles. The lowest BCUT2D eigenvalue weighted by Gasteiger charge is -2.14. The predicted octanol–water partition coefficient (Wildman–Crippen LogP) is 1.63. The highest BCUT2D eigenvalue weighted by molar-refractivity contribution is 7.99. The van der Waals surface area contributed by atoms with E-state index >= 15 is 0 Å². The summed E-state index contributed by atoms with van der Waals surface area (Å²) < 4.78 is 0. The largest absolute Gasteiger partial charge is 0.377 e. The van der Waals surface area contributed by atoms with Crippen LogP contribution in [0.5, 0.6) is 0 Å². The molecule has 0 aromatic heterocycles. The SMILES string of the molecule is C=CCSCCNC(=O)CCN1C=CCC1. The summed E-state index contributed by atoms with van der Waals surface area (Å²) in [4.78, 5) is 13.6. The van der Waals surface area contributed by atoms with E-state index in [9.17, 15) is 4.79 Å². The molecule has 0 atom stereocenters. The fourth-order valence-corrected chi connectivity index (χ4v) is 2.07. The number of hydrogen-bond donors (Lipinski definition) is 1. The first-order valence-electron chi connectivity index (χ1n) is 5.69. The Morgan fingerprint density at radius 2 is 2.50 bits per heavy atom. The summed E-state index contributed by atoms with van der Waals surface area (Å²) in [5.74, 6) is 2.06. The lowest BCUT2D eigenvalue weighted by atomic mass is 10.3. The van der Waals surface area contributed by atoms with Crippen molar-refractivity contribution in [2.24, 2.45) is 0 Å². The summed E-state index contributed by atoms with van der Waals surface area (Å²) in [5, 5.41) is 2.92. The van der Waals surface area contributed by atoms with Crippen molar-refractivity contribution >= 4 is 17.7 Å². The number of nitrogens with zero attached hydrogens (tertiary/aromatic N) is 1. The van der Waals surface area contributed by atoms with Gasteiger partial charge in [-0.05, 0) is 12.6 Å². The number of carbonyl (C=O) groups excluding carboxylic acids is 1. The minimum absolute atomic E-state index is 0.152. The van der Waals surface area contributed by atoms with E-state index in [1.54, 1.807) is 11.8 Å². The van der Waals surface area contributed by atoms with Crippen LogP contribution in [0.2, 0.25) is 0 Å². The second-order valence-corrected chi connectivity index (χ2v) is 4.82. The van der Waals surface area contributed by atoms with E-state index in [-0.39, 0.29) is 5.91 Å². The zero-order valence-electron chi connectivity index (χ0n) is 9.65. The Hall–Kier alpha value is -0.900. The van der Waals surface area contributed by atoms with Crippen LogP contribution in [0, 0.1) is 0 Å². The molecule has 0 aromatic carbocycles. The van der Waals surface area contributed by atoms with Gasteiger partial charge in [0.1, 0.15) is 0 Å². The minimum Gasteiger partial charge on any atom is -0.377 e. The van der Waals surface area contributed by atoms with E-state index in [0.29, 0.717) is 6.42 Å². The van der Waals surface area contributed by atoms with Gasteiger partial charge in [-0.25, -0.2) is 0 Å². The number of hydrogen-bond acceptors (Lipinski definition) is 3. The van der Waals surface area contributed by atoms with Crippen LogP contribution in [0.3, 0.4) is 0 Å². The van der Waals surface area contributed by atoms with Gasteiger partial charge in [-0.3, -0.25) is 4.79 Å². The van der Waals surface area contributed by atoms with Crippen LogP contribution in [-0.2, 0) is 4.79 Å². The predicted molar refractivity (Wildman–Crippen MR) is 70.5 cm³/mol. The molecule has 1 N–H and O–H groups in total. The van der Waals surface area contributed by atoms with Crippen LogP contribution in [0.4, 0.5) is 0 Å². The maximum atomic E-state index is 11.4. The van der Waals surface area contributed by atoms with Gasteiger partial charge in [0.2, 0.25) is 5.91 Å². The van der Waals surface area contributed by atoms with Gasteiger partial charge >= 0.3 is 0 Å². The Balaban J connectivity index is 1.94. The number of nitrogens with one attached hydrogen (secondary N) is 1. The van der Waals surface area contributed by atoms with Gasteiger partial charge in [0, 0.05) is 37.6 Å². The maximum Gasteiger partial charge on any atom is 0.221 e. The summed E-state index contributed by atoms with van der Waals surface area (Å²) in [6.45, 7) is 6.30. The van der Waals surface area contributed by atoms with Crippen molar-refractivity contribution in [3.05, 3.63) is 24.9 Å². The van der Waals surface area contributed by atoms with Crippen molar-refractivity contribution in [2.75, 3.05) is 31.1 Å². The Morgan fingerprint density at radius 1 is 1.62 bits per heavy atom. The molecule has 0 saturated heterocycles. The van der Waals surface area contributed by atoms with E-state index in [2.05, 4.69) is 29.1 Å². The van der Waals surface area contributed by atoms with Crippen LogP contribution < -0.4 is 5.32 Å². The van der Waals surface area contributed by atoms with Gasteiger partial charge < -0.3 is 10.2 Å². The van der Waals surface area contributed by atoms with Crippen molar-refractivity contribution in [3.8, 4) is 0 Å². The first-order chi connectivity index (χ1) is 7.83. The van der Waals surface area contributed by atoms with Gasteiger partial charge in [0.05, 0.1) is 0 Å². The Morgan fingerprint density at radius 3 is 3.19 bits per heavy atom. The number of rotatable bonds is 8. The molecule has 1 aliphatic heterocycles. The van der Waals surface area contributed by atoms with Gasteiger partial charge in [-0.1, -0.05) is 12.2 Å². The van der Waals surface area contributed by atoms with E-state index in [1.807, 2.05) is 6.08 Å². The zero-order chi connectivity index (χ0) is 11.6. The molecule has 1 rings (SSSR count). The molecule has 0 aromatic rings. The number of amides is 1. The number of thioether (sulfide) groups is 1. The smallest absolute Gasteiger partial charge is 0.221 e. The van der Waals surface area contributed by atoms with Gasteiger partial charge in [-0.15, -0.1) is 6.58 Å². The molecule has 3 nitrogen and oxygen atoms in total. The van der Waals surface area contributed by atoms with Crippen LogP contribution in [0.1, 0.15) is 12.8 Å². The molecule has 90 valence electrons. The fourth-order valence-electron chi connectivity index (χ4n) is 1.49. The van der Waals surface area contributed by atoms with E-state index in [0.717, 1.165) is 37.6 Å². The second-order valence-electron chi connectivity index (χ2n) is 3.67. The van der Waals surface area contributed by atoms with Crippen LogP contribution in [0.25, 0.3) is 0 Å². The molecule has 0 unspecified atom stereocenters. The van der Waals surface area contributed by atoms with Crippen LogP contribution in [0.15, 0.2) is 24.9 Å². The van der Waals surface area contributed by atoms with Gasteiger partial charge in [0.15, 0.2) is 0 Å². The molecule has 1 amide bonds. The average molecular weight is 240 g/mol. The molecule has 16 heavy (non-hydrogen) atoms. The molecular weight excluding hydrogens is 220 g/mol. The zero-order valence-corrected chi connectivity index (χ0v) is 10.5. The van der Waals surface area contributed by atoms with Crippen molar-refractivity contribution in [2.45, 2.75) is 12.8 Å².